The van der Waals surface area contributed by atoms with Crippen molar-refractivity contribution in [2.24, 2.45) is 0 Å². The van der Waals surface area contributed by atoms with Gasteiger partial charge in [0.05, 0.1) is 19.0 Å². The van der Waals surface area contributed by atoms with Crippen molar-refractivity contribution in [1.29, 1.82) is 0 Å². The predicted molar refractivity (Wildman–Crippen MR) is 67.0 cm³/mol. The van der Waals surface area contributed by atoms with Crippen molar-refractivity contribution in [2.75, 3.05) is 51.2 Å². The lowest BCUT2D eigenvalue weighted by molar-refractivity contribution is 0.191. The van der Waals surface area contributed by atoms with E-state index >= 15 is 0 Å². The molecule has 0 aliphatic carbocycles. The Bertz CT molecular complexity index is 322. The van der Waals surface area contributed by atoms with Gasteiger partial charge in [-0.25, -0.2) is 4.98 Å². The highest BCUT2D eigenvalue weighted by Gasteiger charge is 2.08. The number of anilines is 2. The number of aromatic nitrogens is 2. The Labute approximate surface area is 102 Å². The number of nitrogen functional groups attached to an aromatic ring is 1. The quantitative estimate of drug-likeness (QED) is 0.669. The Morgan fingerprint density at radius 2 is 1.94 bits per heavy atom. The summed E-state index contributed by atoms with van der Waals surface area (Å²) < 4.78 is 10.1. The zero-order valence-electron chi connectivity index (χ0n) is 10.4. The fourth-order valence-corrected chi connectivity index (χ4v) is 1.46. The van der Waals surface area contributed by atoms with Gasteiger partial charge >= 0.3 is 0 Å². The summed E-state index contributed by atoms with van der Waals surface area (Å²) in [5.41, 5.74) is 5.62. The van der Waals surface area contributed by atoms with E-state index in [1.807, 2.05) is 0 Å². The minimum atomic E-state index is 0.427. The van der Waals surface area contributed by atoms with Crippen LogP contribution in [0.1, 0.15) is 6.42 Å². The topological polar surface area (TPSA) is 73.5 Å². The monoisotopic (exact) mass is 240 g/mol. The van der Waals surface area contributed by atoms with E-state index in [1.54, 1.807) is 20.4 Å². The van der Waals surface area contributed by atoms with Crippen LogP contribution in [0.15, 0.2) is 12.4 Å². The number of ether oxygens (including phenoxy) is 2. The standard InChI is InChI=1S/C11H20N4O2/c1-16-6-3-4-15(5-7-17-2)11-9-13-8-10(12)14-11/h8-9H,3-7H2,1-2H3,(H2,12,14). The molecule has 0 radical (unpaired) electrons. The van der Waals surface area contributed by atoms with Crippen LogP contribution >= 0.6 is 0 Å². The lowest BCUT2D eigenvalue weighted by Crippen LogP contribution is -2.30. The third-order valence-corrected chi connectivity index (χ3v) is 2.31. The molecule has 6 nitrogen and oxygen atoms in total. The van der Waals surface area contributed by atoms with E-state index in [1.165, 1.54) is 6.20 Å². The number of rotatable bonds is 8. The summed E-state index contributed by atoms with van der Waals surface area (Å²) in [7, 11) is 3.37. The van der Waals surface area contributed by atoms with Crippen LogP contribution in [0.4, 0.5) is 11.6 Å². The summed E-state index contributed by atoms with van der Waals surface area (Å²) in [5.74, 6) is 1.20. The molecule has 0 saturated carbocycles. The van der Waals surface area contributed by atoms with Gasteiger partial charge < -0.3 is 20.1 Å². The highest BCUT2D eigenvalue weighted by atomic mass is 16.5. The summed E-state index contributed by atoms with van der Waals surface area (Å²) in [6.07, 6.45) is 4.17. The molecule has 0 aliphatic heterocycles. The van der Waals surface area contributed by atoms with Gasteiger partial charge in [-0.3, -0.25) is 4.98 Å². The molecule has 1 rings (SSSR count). The fraction of sp³-hybridized carbons (Fsp3) is 0.636. The Morgan fingerprint density at radius 3 is 2.59 bits per heavy atom. The first-order valence-corrected chi connectivity index (χ1v) is 5.58. The van der Waals surface area contributed by atoms with E-state index in [0.717, 1.165) is 31.9 Å². The number of nitrogens with zero attached hydrogens (tertiary/aromatic N) is 3. The first-order valence-electron chi connectivity index (χ1n) is 5.58. The van der Waals surface area contributed by atoms with Crippen LogP contribution in [-0.4, -0.2) is 50.5 Å². The Kier molecular flexibility index (Phi) is 6.27. The first kappa shape index (κ1) is 13.7. The molecule has 17 heavy (non-hydrogen) atoms. The second-order valence-electron chi connectivity index (χ2n) is 3.63. The molecule has 0 aliphatic rings. The maximum absolute atomic E-state index is 5.62. The van der Waals surface area contributed by atoms with Gasteiger partial charge in [-0.05, 0) is 6.42 Å². The van der Waals surface area contributed by atoms with Crippen LogP contribution in [0, 0.1) is 0 Å². The van der Waals surface area contributed by atoms with Gasteiger partial charge in [-0.2, -0.15) is 0 Å². The van der Waals surface area contributed by atoms with Crippen molar-refractivity contribution in [1.82, 2.24) is 9.97 Å². The second kappa shape index (κ2) is 7.81. The van der Waals surface area contributed by atoms with Gasteiger partial charge in [0.15, 0.2) is 0 Å². The normalized spacial score (nSPS) is 10.5. The minimum Gasteiger partial charge on any atom is -0.385 e. The van der Waals surface area contributed by atoms with Gasteiger partial charge in [-0.15, -0.1) is 0 Å². The second-order valence-corrected chi connectivity index (χ2v) is 3.63. The van der Waals surface area contributed by atoms with Gasteiger partial charge in [-0.1, -0.05) is 0 Å². The third-order valence-electron chi connectivity index (χ3n) is 2.31. The van der Waals surface area contributed by atoms with Crippen molar-refractivity contribution in [2.45, 2.75) is 6.42 Å². The van der Waals surface area contributed by atoms with Crippen LogP contribution in [-0.2, 0) is 9.47 Å². The van der Waals surface area contributed by atoms with Gasteiger partial charge in [0.25, 0.3) is 0 Å². The number of methoxy groups -OCH3 is 2. The van der Waals surface area contributed by atoms with Gasteiger partial charge in [0.2, 0.25) is 0 Å². The van der Waals surface area contributed by atoms with Crippen molar-refractivity contribution < 1.29 is 9.47 Å². The van der Waals surface area contributed by atoms with Crippen LogP contribution in [0.25, 0.3) is 0 Å². The smallest absolute Gasteiger partial charge is 0.149 e. The SMILES string of the molecule is COCCCN(CCOC)c1cncc(N)n1. The first-order chi connectivity index (χ1) is 8.27. The van der Waals surface area contributed by atoms with Crippen LogP contribution < -0.4 is 10.6 Å². The minimum absolute atomic E-state index is 0.427. The van der Waals surface area contributed by atoms with Crippen molar-refractivity contribution in [3.05, 3.63) is 12.4 Å². The van der Waals surface area contributed by atoms with Crippen molar-refractivity contribution in [3.63, 3.8) is 0 Å². The predicted octanol–water partition coefficient (Wildman–Crippen LogP) is 0.548. The molecule has 1 aromatic heterocycles. The zero-order chi connectivity index (χ0) is 12.5. The highest BCUT2D eigenvalue weighted by molar-refractivity contribution is 5.41. The summed E-state index contributed by atoms with van der Waals surface area (Å²) in [4.78, 5) is 10.4. The van der Waals surface area contributed by atoms with E-state index in [4.69, 9.17) is 15.2 Å². The number of nitrogens with two attached hydrogens (primary N) is 1. The Balaban J connectivity index is 2.60. The summed E-state index contributed by atoms with van der Waals surface area (Å²) in [5, 5.41) is 0. The molecule has 6 heteroatoms. The number of hydrogen-bond acceptors (Lipinski definition) is 6. The van der Waals surface area contributed by atoms with E-state index in [2.05, 4.69) is 14.9 Å². The van der Waals surface area contributed by atoms with E-state index in [-0.39, 0.29) is 0 Å². The maximum atomic E-state index is 5.62. The average molecular weight is 240 g/mol. The van der Waals surface area contributed by atoms with Gasteiger partial charge in [0.1, 0.15) is 11.6 Å². The van der Waals surface area contributed by atoms with E-state index in [9.17, 15) is 0 Å². The number of hydrogen-bond donors (Lipinski definition) is 1. The molecule has 1 aromatic rings. The average Bonchev–Trinajstić information content (AvgIpc) is 2.33. The van der Waals surface area contributed by atoms with E-state index in [0.29, 0.717) is 12.4 Å². The van der Waals surface area contributed by atoms with Crippen LogP contribution in [0.2, 0.25) is 0 Å². The zero-order valence-corrected chi connectivity index (χ0v) is 10.4. The molecule has 1 heterocycles. The summed E-state index contributed by atoms with van der Waals surface area (Å²) in [6.45, 7) is 2.97. The summed E-state index contributed by atoms with van der Waals surface area (Å²) >= 11 is 0. The largest absolute Gasteiger partial charge is 0.385 e. The third kappa shape index (κ3) is 4.97. The molecule has 0 fully saturated rings. The maximum Gasteiger partial charge on any atom is 0.149 e. The molecule has 0 bridgehead atoms. The molecule has 0 aromatic carbocycles. The van der Waals surface area contributed by atoms with Crippen molar-refractivity contribution in [3.8, 4) is 0 Å². The molecular formula is C11H20N4O2. The van der Waals surface area contributed by atoms with Crippen LogP contribution in [0.3, 0.4) is 0 Å². The molecule has 96 valence electrons. The highest BCUT2D eigenvalue weighted by Crippen LogP contribution is 2.10. The van der Waals surface area contributed by atoms with E-state index < -0.39 is 0 Å². The molecule has 2 N–H and O–H groups in total. The lowest BCUT2D eigenvalue weighted by atomic mass is 10.4. The molecule has 0 amide bonds. The molecule has 0 unspecified atom stereocenters. The molecule has 0 saturated heterocycles. The lowest BCUT2D eigenvalue weighted by Gasteiger charge is -2.23. The summed E-state index contributed by atoms with van der Waals surface area (Å²) in [6, 6.07) is 0. The molecular weight excluding hydrogens is 220 g/mol. The van der Waals surface area contributed by atoms with Crippen LogP contribution in [0.5, 0.6) is 0 Å². The molecule has 0 spiro atoms. The van der Waals surface area contributed by atoms with Gasteiger partial charge in [0, 0.05) is 33.9 Å². The fourth-order valence-electron chi connectivity index (χ4n) is 1.46. The Hall–Kier alpha value is -1.40. The molecule has 0 atom stereocenters. The van der Waals surface area contributed by atoms with Crippen molar-refractivity contribution >= 4 is 11.6 Å². The Morgan fingerprint density at radius 1 is 1.18 bits per heavy atom.